The van der Waals surface area contributed by atoms with E-state index >= 15 is 0 Å². The van der Waals surface area contributed by atoms with E-state index in [-0.39, 0.29) is 40.5 Å². The molecular formula is C47H53N8O3+. The van der Waals surface area contributed by atoms with Crippen molar-refractivity contribution in [3.63, 3.8) is 0 Å². The summed E-state index contributed by atoms with van der Waals surface area (Å²) in [6.45, 7) is 3.19. The van der Waals surface area contributed by atoms with E-state index in [0.29, 0.717) is 18.8 Å². The molecule has 2 fully saturated rings. The van der Waals surface area contributed by atoms with Crippen molar-refractivity contribution in [1.82, 2.24) is 29.7 Å². The van der Waals surface area contributed by atoms with Crippen molar-refractivity contribution < 1.29 is 18.9 Å². The van der Waals surface area contributed by atoms with Gasteiger partial charge in [0.2, 0.25) is 5.91 Å². The van der Waals surface area contributed by atoms with E-state index < -0.39 is 6.04 Å². The molecule has 11 nitrogen and oxygen atoms in total. The summed E-state index contributed by atoms with van der Waals surface area (Å²) in [5.41, 5.74) is 7.33. The molecule has 3 N–H and O–H groups in total. The lowest BCUT2D eigenvalue weighted by Crippen LogP contribution is -2.63. The number of nitrogens with one attached hydrogen (secondary N) is 3. The molecule has 0 aliphatic carbocycles. The first-order chi connectivity index (χ1) is 28.0. The molecule has 0 radical (unpaired) electrons. The molecule has 0 bridgehead atoms. The Balaban J connectivity index is 0.975. The number of imidazole rings is 1. The number of urea groups is 1. The van der Waals surface area contributed by atoms with Crippen LogP contribution in [0.3, 0.4) is 0 Å². The highest BCUT2D eigenvalue weighted by atomic mass is 16.2. The van der Waals surface area contributed by atoms with Gasteiger partial charge in [-0.2, -0.15) is 4.48 Å². The summed E-state index contributed by atoms with van der Waals surface area (Å²) in [7, 11) is 7.69. The van der Waals surface area contributed by atoms with Gasteiger partial charge in [0.05, 0.1) is 24.5 Å². The minimum atomic E-state index is -0.543. The van der Waals surface area contributed by atoms with Crippen molar-refractivity contribution in [3.8, 4) is 22.5 Å². The van der Waals surface area contributed by atoms with Gasteiger partial charge < -0.3 is 14.9 Å². The number of imide groups is 1. The SMILES string of the molecule is C[C@@H]1CCC[N+]1(C(=O)Nc1ccc2[nH]c(-c3ccc(-c4cnc([C@@H]5CCCN5C(=O)[C@H](c5ccccc5)N(C)C)[nH]4)cc3)cc2c1)C(=O)[C@H](c1ccccc1)N(C)C. The number of amides is 4. The summed E-state index contributed by atoms with van der Waals surface area (Å²) in [5.74, 6) is 0.790. The molecule has 2 aliphatic heterocycles. The molecule has 2 aromatic heterocycles. The van der Waals surface area contributed by atoms with Crippen molar-refractivity contribution in [2.45, 2.75) is 56.8 Å². The topological polar surface area (TPSA) is 117 Å². The average Bonchev–Trinajstić information content (AvgIpc) is 4.05. The number of aromatic amines is 2. The maximum absolute atomic E-state index is 14.5. The number of hydrogen-bond acceptors (Lipinski definition) is 6. The highest BCUT2D eigenvalue weighted by molar-refractivity contribution is 5.97. The molecule has 6 aromatic rings. The Morgan fingerprint density at radius 1 is 0.759 bits per heavy atom. The number of hydrogen-bond donors (Lipinski definition) is 3. The van der Waals surface area contributed by atoms with E-state index in [0.717, 1.165) is 76.1 Å². The van der Waals surface area contributed by atoms with Crippen LogP contribution in [0.2, 0.25) is 0 Å². The Morgan fingerprint density at radius 3 is 2.02 bits per heavy atom. The second-order valence-corrected chi connectivity index (χ2v) is 16.3. The maximum Gasteiger partial charge on any atom is 0.428 e. The van der Waals surface area contributed by atoms with Gasteiger partial charge in [-0.05, 0) is 94.5 Å². The van der Waals surface area contributed by atoms with Crippen LogP contribution < -0.4 is 5.32 Å². The normalized spacial score (nSPS) is 20.5. The number of anilines is 1. The highest BCUT2D eigenvalue weighted by Gasteiger charge is 2.55. The number of H-pyrrole nitrogens is 2. The number of likely N-dealkylation sites (tertiary alicyclic amines) is 2. The molecule has 1 unspecified atom stereocenters. The fourth-order valence-electron chi connectivity index (χ4n) is 9.16. The van der Waals surface area contributed by atoms with E-state index in [9.17, 15) is 14.4 Å². The van der Waals surface area contributed by atoms with Crippen LogP contribution in [0.4, 0.5) is 10.5 Å². The number of fused-ring (bicyclic) bond motifs is 1. The van der Waals surface area contributed by atoms with E-state index in [1.807, 2.05) is 135 Å². The molecule has 4 amide bonds. The van der Waals surface area contributed by atoms with Gasteiger partial charge in [0.25, 0.3) is 0 Å². The lowest BCUT2D eigenvalue weighted by atomic mass is 10.0. The lowest BCUT2D eigenvalue weighted by Gasteiger charge is -2.37. The molecule has 0 saturated carbocycles. The van der Waals surface area contributed by atoms with E-state index in [1.165, 1.54) is 0 Å². The predicted molar refractivity (Wildman–Crippen MR) is 229 cm³/mol. The first-order valence-electron chi connectivity index (χ1n) is 20.3. The van der Waals surface area contributed by atoms with Crippen molar-refractivity contribution in [1.29, 1.82) is 0 Å². The minimum Gasteiger partial charge on any atom is -0.355 e. The van der Waals surface area contributed by atoms with Gasteiger partial charge in [-0.15, -0.1) is 0 Å². The van der Waals surface area contributed by atoms with Gasteiger partial charge >= 0.3 is 11.9 Å². The fraction of sp³-hybridized carbons (Fsp3) is 0.319. The Labute approximate surface area is 340 Å². The Bertz CT molecular complexity index is 2410. The van der Waals surface area contributed by atoms with Crippen LogP contribution in [0.25, 0.3) is 33.4 Å². The number of aromatic nitrogens is 3. The fourth-order valence-corrected chi connectivity index (χ4v) is 9.16. The molecule has 11 heteroatoms. The second kappa shape index (κ2) is 16.2. The maximum atomic E-state index is 14.5. The second-order valence-electron chi connectivity index (χ2n) is 16.3. The number of quaternary nitrogens is 1. The van der Waals surface area contributed by atoms with Gasteiger partial charge in [0, 0.05) is 41.7 Å². The summed E-state index contributed by atoms with van der Waals surface area (Å²) < 4.78 is -0.236. The van der Waals surface area contributed by atoms with Crippen LogP contribution >= 0.6 is 0 Å². The van der Waals surface area contributed by atoms with Crippen LogP contribution in [0.15, 0.2) is 115 Å². The summed E-state index contributed by atoms with van der Waals surface area (Å²) in [6, 6.07) is 34.5. The van der Waals surface area contributed by atoms with Crippen LogP contribution in [-0.4, -0.2) is 99.3 Å². The molecule has 2 aliphatic rings. The third-order valence-corrected chi connectivity index (χ3v) is 12.2. The quantitative estimate of drug-likeness (QED) is 0.120. The predicted octanol–water partition coefficient (Wildman–Crippen LogP) is 8.55. The molecule has 5 atom stereocenters. The summed E-state index contributed by atoms with van der Waals surface area (Å²) in [5, 5.41) is 4.10. The zero-order chi connectivity index (χ0) is 40.6. The van der Waals surface area contributed by atoms with Gasteiger partial charge in [-0.3, -0.25) is 19.9 Å². The first-order valence-corrected chi connectivity index (χ1v) is 20.3. The number of likely N-dealkylation sites (N-methyl/N-ethyl adjacent to an activating group) is 2. The first kappa shape index (κ1) is 39.0. The van der Waals surface area contributed by atoms with Gasteiger partial charge in [-0.25, -0.2) is 14.6 Å². The largest absolute Gasteiger partial charge is 0.428 e. The van der Waals surface area contributed by atoms with Gasteiger partial charge in [0.15, 0.2) is 6.04 Å². The van der Waals surface area contributed by atoms with Crippen molar-refractivity contribution >= 4 is 34.4 Å². The third-order valence-electron chi connectivity index (χ3n) is 12.2. The molecule has 2 saturated heterocycles. The monoisotopic (exact) mass is 777 g/mol. The zero-order valence-corrected chi connectivity index (χ0v) is 34.0. The lowest BCUT2D eigenvalue weighted by molar-refractivity contribution is -0.783. The summed E-state index contributed by atoms with van der Waals surface area (Å²) in [6.07, 6.45) is 5.26. The van der Waals surface area contributed by atoms with Crippen LogP contribution in [0.5, 0.6) is 0 Å². The Kier molecular flexibility index (Phi) is 10.9. The number of carbonyl (C=O) groups excluding carboxylic acids is 3. The molecule has 58 heavy (non-hydrogen) atoms. The average molecular weight is 778 g/mol. The van der Waals surface area contributed by atoms with Gasteiger partial charge in [-0.1, -0.05) is 84.9 Å². The van der Waals surface area contributed by atoms with Crippen LogP contribution in [0.1, 0.15) is 67.7 Å². The van der Waals surface area contributed by atoms with Gasteiger partial charge in [0.1, 0.15) is 17.9 Å². The van der Waals surface area contributed by atoms with Crippen LogP contribution in [-0.2, 0) is 9.59 Å². The molecule has 8 rings (SSSR count). The summed E-state index contributed by atoms with van der Waals surface area (Å²) >= 11 is 0. The zero-order valence-electron chi connectivity index (χ0n) is 34.0. The van der Waals surface area contributed by atoms with Crippen molar-refractivity contribution in [3.05, 3.63) is 132 Å². The number of rotatable bonds is 10. The standard InChI is InChI=1S/C47H52N8O3/c1-31-14-13-27-55(31,46(57)43(53(4)5)35-17-10-7-11-18-35)47(58)49-37-24-25-38-36(28-37)29-39(50-38)32-20-22-33(23-21-32)40-30-48-44(51-40)41-19-12-26-54(41)45(56)42(52(2)3)34-15-8-6-9-16-34/h6-11,15-18,20-25,28-31,41-43,50H,12-14,19,26-27H2,1-5H3,(H-,48,49,51,58)/p+1/t31-,41+,42+,43+,55?/m1/s1. The molecule has 298 valence electrons. The van der Waals surface area contributed by atoms with E-state index in [2.05, 4.69) is 45.6 Å². The number of nitrogens with zero attached hydrogens (tertiary/aromatic N) is 5. The van der Waals surface area contributed by atoms with E-state index in [1.54, 1.807) is 0 Å². The minimum absolute atomic E-state index is 0.0902. The number of benzene rings is 4. The van der Waals surface area contributed by atoms with Crippen LogP contribution in [0, 0.1) is 0 Å². The molecule has 4 aromatic carbocycles. The third kappa shape index (κ3) is 7.25. The van der Waals surface area contributed by atoms with E-state index in [4.69, 9.17) is 4.98 Å². The molecule has 4 heterocycles. The van der Waals surface area contributed by atoms with Crippen molar-refractivity contribution in [2.75, 3.05) is 46.6 Å². The highest BCUT2D eigenvalue weighted by Crippen LogP contribution is 2.37. The smallest absolute Gasteiger partial charge is 0.355 e. The molecule has 0 spiro atoms. The summed E-state index contributed by atoms with van der Waals surface area (Å²) in [4.78, 5) is 60.4. The van der Waals surface area contributed by atoms with Crippen molar-refractivity contribution in [2.24, 2.45) is 0 Å². The Morgan fingerprint density at radius 2 is 1.40 bits per heavy atom. The molecular weight excluding hydrogens is 725 g/mol. The Hall–Kier alpha value is -5.88. The number of carbonyl (C=O) groups is 3.